The fraction of sp³-hybridized carbons (Fsp3) is 0.231. The minimum absolute atomic E-state index is 0.450. The summed E-state index contributed by atoms with van der Waals surface area (Å²) >= 11 is 5.18. The molecule has 1 atom stereocenters. The molecule has 0 unspecified atom stereocenters. The van der Waals surface area contributed by atoms with Crippen molar-refractivity contribution in [1.82, 2.24) is 0 Å². The number of benzene rings is 1. The van der Waals surface area contributed by atoms with Crippen LogP contribution in [-0.2, 0) is 5.75 Å². The third-order valence-corrected chi connectivity index (χ3v) is 4.09. The Kier molecular flexibility index (Phi) is 4.31. The van der Waals surface area contributed by atoms with E-state index in [-0.39, 0.29) is 0 Å². The summed E-state index contributed by atoms with van der Waals surface area (Å²) in [5.41, 5.74) is 0.910. The van der Waals surface area contributed by atoms with E-state index in [0.29, 0.717) is 0 Å². The molecule has 2 rings (SSSR count). The van der Waals surface area contributed by atoms with E-state index in [9.17, 15) is 5.11 Å². The lowest BCUT2D eigenvalue weighted by atomic mass is 10.1. The van der Waals surface area contributed by atoms with E-state index in [0.717, 1.165) is 26.4 Å². The Balaban J connectivity index is 2.05. The van der Waals surface area contributed by atoms with Gasteiger partial charge in [-0.15, -0.1) is 11.8 Å². The highest BCUT2D eigenvalue weighted by atomic mass is 79.9. The SMILES string of the molecule is C[C@H](O)c1ccc(SCc2ccco2)cc1Br. The van der Waals surface area contributed by atoms with E-state index in [1.165, 1.54) is 0 Å². The quantitative estimate of drug-likeness (QED) is 0.850. The summed E-state index contributed by atoms with van der Waals surface area (Å²) in [6, 6.07) is 9.84. The Bertz CT molecular complexity index is 480. The third kappa shape index (κ3) is 3.37. The van der Waals surface area contributed by atoms with Crippen LogP contribution in [0.2, 0.25) is 0 Å². The van der Waals surface area contributed by atoms with Crippen molar-refractivity contribution >= 4 is 27.7 Å². The van der Waals surface area contributed by atoms with Gasteiger partial charge in [0.05, 0.1) is 18.1 Å². The van der Waals surface area contributed by atoms with Crippen molar-refractivity contribution in [2.24, 2.45) is 0 Å². The Morgan fingerprint density at radius 2 is 2.24 bits per heavy atom. The average Bonchev–Trinajstić information content (AvgIpc) is 2.78. The molecule has 1 N–H and O–H groups in total. The van der Waals surface area contributed by atoms with Crippen LogP contribution in [0.3, 0.4) is 0 Å². The Hall–Kier alpha value is -0.710. The summed E-state index contributed by atoms with van der Waals surface area (Å²) in [6.45, 7) is 1.76. The Labute approximate surface area is 113 Å². The molecule has 0 aliphatic carbocycles. The van der Waals surface area contributed by atoms with Gasteiger partial charge in [-0.3, -0.25) is 0 Å². The second kappa shape index (κ2) is 5.76. The van der Waals surface area contributed by atoms with Gasteiger partial charge in [-0.1, -0.05) is 22.0 Å². The predicted molar refractivity (Wildman–Crippen MR) is 73.0 cm³/mol. The number of aliphatic hydroxyl groups is 1. The molecule has 0 amide bonds. The lowest BCUT2D eigenvalue weighted by molar-refractivity contribution is 0.198. The zero-order chi connectivity index (χ0) is 12.3. The smallest absolute Gasteiger partial charge is 0.113 e. The summed E-state index contributed by atoms with van der Waals surface area (Å²) < 4.78 is 6.22. The summed E-state index contributed by atoms with van der Waals surface area (Å²) in [5.74, 6) is 1.78. The van der Waals surface area contributed by atoms with Crippen molar-refractivity contribution < 1.29 is 9.52 Å². The van der Waals surface area contributed by atoms with Gasteiger partial charge in [-0.2, -0.15) is 0 Å². The molecule has 0 saturated carbocycles. The molecule has 2 aromatic rings. The van der Waals surface area contributed by atoms with E-state index in [1.807, 2.05) is 30.3 Å². The van der Waals surface area contributed by atoms with Crippen LogP contribution in [0.1, 0.15) is 24.4 Å². The highest BCUT2D eigenvalue weighted by molar-refractivity contribution is 9.10. The molecular formula is C13H13BrO2S. The normalized spacial score (nSPS) is 12.6. The zero-order valence-corrected chi connectivity index (χ0v) is 11.8. The molecule has 1 aromatic heterocycles. The minimum Gasteiger partial charge on any atom is -0.468 e. The molecule has 0 bridgehead atoms. The first-order chi connectivity index (χ1) is 8.16. The highest BCUT2D eigenvalue weighted by Gasteiger charge is 2.07. The number of thioether (sulfide) groups is 1. The number of halogens is 1. The molecule has 2 nitrogen and oxygen atoms in total. The van der Waals surface area contributed by atoms with Crippen LogP contribution in [0.5, 0.6) is 0 Å². The maximum absolute atomic E-state index is 9.52. The van der Waals surface area contributed by atoms with Gasteiger partial charge in [-0.05, 0) is 36.8 Å². The van der Waals surface area contributed by atoms with Crippen LogP contribution in [0.25, 0.3) is 0 Å². The molecule has 0 aliphatic rings. The molecule has 0 saturated heterocycles. The number of furan rings is 1. The first kappa shape index (κ1) is 12.7. The Morgan fingerprint density at radius 1 is 1.41 bits per heavy atom. The number of hydrogen-bond donors (Lipinski definition) is 1. The molecular weight excluding hydrogens is 300 g/mol. The van der Waals surface area contributed by atoms with Gasteiger partial charge in [0.2, 0.25) is 0 Å². The van der Waals surface area contributed by atoms with Crippen molar-refractivity contribution in [2.75, 3.05) is 0 Å². The summed E-state index contributed by atoms with van der Waals surface area (Å²) in [4.78, 5) is 1.15. The molecule has 4 heteroatoms. The van der Waals surface area contributed by atoms with Gasteiger partial charge < -0.3 is 9.52 Å². The van der Waals surface area contributed by atoms with Crippen molar-refractivity contribution in [3.63, 3.8) is 0 Å². The largest absolute Gasteiger partial charge is 0.468 e. The van der Waals surface area contributed by atoms with Crippen molar-refractivity contribution in [1.29, 1.82) is 0 Å². The number of rotatable bonds is 4. The molecule has 0 fully saturated rings. The fourth-order valence-corrected chi connectivity index (χ4v) is 3.19. The molecule has 1 heterocycles. The standard InChI is InChI=1S/C13H13BrO2S/c1-9(15)12-5-4-11(7-13(12)14)17-8-10-3-2-6-16-10/h2-7,9,15H,8H2,1H3/t9-/m0/s1. The number of hydrogen-bond acceptors (Lipinski definition) is 3. The zero-order valence-electron chi connectivity index (χ0n) is 9.39. The van der Waals surface area contributed by atoms with E-state index >= 15 is 0 Å². The topological polar surface area (TPSA) is 33.4 Å². The van der Waals surface area contributed by atoms with Gasteiger partial charge in [0.15, 0.2) is 0 Å². The molecule has 17 heavy (non-hydrogen) atoms. The second-order valence-electron chi connectivity index (χ2n) is 3.73. The Morgan fingerprint density at radius 3 is 2.82 bits per heavy atom. The highest BCUT2D eigenvalue weighted by Crippen LogP contribution is 2.30. The van der Waals surface area contributed by atoms with E-state index in [4.69, 9.17) is 4.42 Å². The minimum atomic E-state index is -0.450. The van der Waals surface area contributed by atoms with Gasteiger partial charge in [0, 0.05) is 9.37 Å². The first-order valence-electron chi connectivity index (χ1n) is 5.29. The molecule has 1 aromatic carbocycles. The van der Waals surface area contributed by atoms with Gasteiger partial charge in [0.1, 0.15) is 5.76 Å². The van der Waals surface area contributed by atoms with Crippen LogP contribution in [0.15, 0.2) is 50.4 Å². The van der Waals surface area contributed by atoms with E-state index in [1.54, 1.807) is 24.9 Å². The lowest BCUT2D eigenvalue weighted by Crippen LogP contribution is -1.92. The van der Waals surface area contributed by atoms with Gasteiger partial charge in [0.25, 0.3) is 0 Å². The van der Waals surface area contributed by atoms with Crippen molar-refractivity contribution in [3.8, 4) is 0 Å². The maximum atomic E-state index is 9.52. The lowest BCUT2D eigenvalue weighted by Gasteiger charge is -2.09. The molecule has 0 radical (unpaired) electrons. The van der Waals surface area contributed by atoms with Gasteiger partial charge >= 0.3 is 0 Å². The van der Waals surface area contributed by atoms with Gasteiger partial charge in [-0.25, -0.2) is 0 Å². The summed E-state index contributed by atoms with van der Waals surface area (Å²) in [6.07, 6.45) is 1.23. The van der Waals surface area contributed by atoms with E-state index in [2.05, 4.69) is 15.9 Å². The van der Waals surface area contributed by atoms with Crippen LogP contribution in [-0.4, -0.2) is 5.11 Å². The molecule has 0 spiro atoms. The van der Waals surface area contributed by atoms with Crippen molar-refractivity contribution in [2.45, 2.75) is 23.7 Å². The van der Waals surface area contributed by atoms with Crippen molar-refractivity contribution in [3.05, 3.63) is 52.4 Å². The first-order valence-corrected chi connectivity index (χ1v) is 7.07. The second-order valence-corrected chi connectivity index (χ2v) is 5.63. The maximum Gasteiger partial charge on any atom is 0.113 e. The molecule has 90 valence electrons. The van der Waals surface area contributed by atoms with Crippen LogP contribution >= 0.6 is 27.7 Å². The van der Waals surface area contributed by atoms with Crippen LogP contribution in [0, 0.1) is 0 Å². The van der Waals surface area contributed by atoms with E-state index < -0.39 is 6.10 Å². The third-order valence-electron chi connectivity index (χ3n) is 2.38. The van der Waals surface area contributed by atoms with Crippen LogP contribution in [0.4, 0.5) is 0 Å². The van der Waals surface area contributed by atoms with Crippen LogP contribution < -0.4 is 0 Å². The average molecular weight is 313 g/mol. The summed E-state index contributed by atoms with van der Waals surface area (Å²) in [5, 5.41) is 9.52. The predicted octanol–water partition coefficient (Wildman–Crippen LogP) is 4.39. The fourth-order valence-electron chi connectivity index (χ4n) is 1.49. The number of aliphatic hydroxyl groups excluding tert-OH is 1. The monoisotopic (exact) mass is 312 g/mol. The molecule has 0 aliphatic heterocycles. The summed E-state index contributed by atoms with van der Waals surface area (Å²) in [7, 11) is 0.